The van der Waals surface area contributed by atoms with Crippen LogP contribution in [0.4, 0.5) is 5.69 Å². The predicted octanol–water partition coefficient (Wildman–Crippen LogP) is 1.72. The topological polar surface area (TPSA) is 49.3 Å². The van der Waals surface area contributed by atoms with E-state index in [-0.39, 0.29) is 5.56 Å². The first-order valence-corrected chi connectivity index (χ1v) is 4.12. The Hall–Kier alpha value is -1.95. The number of carboxylic acid groups (broad SMARTS) is 1. The van der Waals surface area contributed by atoms with Crippen molar-refractivity contribution in [2.24, 2.45) is 0 Å². The number of hydrogen-bond acceptors (Lipinski definition) is 2. The maximum Gasteiger partial charge on any atom is 0.336 e. The molecule has 0 saturated heterocycles. The van der Waals surface area contributed by atoms with Gasteiger partial charge in [-0.1, -0.05) is 5.92 Å². The van der Waals surface area contributed by atoms with Crippen LogP contribution >= 0.6 is 0 Å². The van der Waals surface area contributed by atoms with E-state index < -0.39 is 5.97 Å². The van der Waals surface area contributed by atoms with Gasteiger partial charge in [0.25, 0.3) is 0 Å². The van der Waals surface area contributed by atoms with Gasteiger partial charge in [0.05, 0.1) is 5.56 Å². The molecule has 2 N–H and O–H groups in total. The van der Waals surface area contributed by atoms with E-state index in [0.29, 0.717) is 11.1 Å². The molecule has 3 heteroatoms. The molecule has 0 heterocycles. The molecule has 0 aromatic heterocycles. The highest BCUT2D eigenvalue weighted by Crippen LogP contribution is 2.21. The van der Waals surface area contributed by atoms with Crippen molar-refractivity contribution in [1.82, 2.24) is 0 Å². The van der Waals surface area contributed by atoms with E-state index in [4.69, 9.17) is 11.5 Å². The van der Waals surface area contributed by atoms with Crippen LogP contribution in [0.1, 0.15) is 21.5 Å². The molecule has 0 spiro atoms. The second-order valence-corrected chi connectivity index (χ2v) is 2.90. The summed E-state index contributed by atoms with van der Waals surface area (Å²) < 4.78 is 0. The lowest BCUT2D eigenvalue weighted by atomic mass is 10.0. The molecular weight excluding hydrogens is 178 g/mol. The molecular formula is C11H11NO2. The monoisotopic (exact) mass is 189 g/mol. The lowest BCUT2D eigenvalue weighted by Gasteiger charge is -2.08. The Balaban J connectivity index is 3.44. The zero-order chi connectivity index (χ0) is 10.7. The van der Waals surface area contributed by atoms with Crippen LogP contribution in [-0.4, -0.2) is 18.1 Å². The summed E-state index contributed by atoms with van der Waals surface area (Å²) in [5.41, 5.74) is 2.25. The lowest BCUT2D eigenvalue weighted by molar-refractivity contribution is 0.0696. The van der Waals surface area contributed by atoms with Crippen molar-refractivity contribution < 1.29 is 9.90 Å². The largest absolute Gasteiger partial charge is 0.478 e. The Bertz CT molecular complexity index is 416. The molecule has 0 amide bonds. The lowest BCUT2D eigenvalue weighted by Crippen LogP contribution is -2.04. The minimum Gasteiger partial charge on any atom is -0.478 e. The first kappa shape index (κ1) is 10.1. The number of hydrogen-bond donors (Lipinski definition) is 2. The highest BCUT2D eigenvalue weighted by Gasteiger charge is 2.11. The molecule has 0 aliphatic carbocycles. The van der Waals surface area contributed by atoms with Crippen LogP contribution < -0.4 is 5.32 Å². The Labute approximate surface area is 82.8 Å². The third-order valence-electron chi connectivity index (χ3n) is 2.07. The number of rotatable bonds is 2. The Morgan fingerprint density at radius 2 is 2.21 bits per heavy atom. The summed E-state index contributed by atoms with van der Waals surface area (Å²) in [5, 5.41) is 11.8. The summed E-state index contributed by atoms with van der Waals surface area (Å²) >= 11 is 0. The van der Waals surface area contributed by atoms with Crippen molar-refractivity contribution in [3.63, 3.8) is 0 Å². The SMILES string of the molecule is C#Cc1cc(NC)c(C)c(C(=O)O)c1. The number of carbonyl (C=O) groups is 1. The standard InChI is InChI=1S/C11H11NO2/c1-4-8-5-9(11(13)14)7(2)10(6-8)12-3/h1,5-6,12H,2-3H3,(H,13,14). The van der Waals surface area contributed by atoms with E-state index >= 15 is 0 Å². The van der Waals surface area contributed by atoms with Gasteiger partial charge in [0.2, 0.25) is 0 Å². The molecule has 1 aromatic rings. The molecule has 1 rings (SSSR count). The van der Waals surface area contributed by atoms with Gasteiger partial charge in [-0.25, -0.2) is 4.79 Å². The second kappa shape index (κ2) is 3.84. The van der Waals surface area contributed by atoms with Gasteiger partial charge < -0.3 is 10.4 Å². The molecule has 0 atom stereocenters. The van der Waals surface area contributed by atoms with Crippen LogP contribution in [-0.2, 0) is 0 Å². The van der Waals surface area contributed by atoms with Gasteiger partial charge in [-0.15, -0.1) is 6.42 Å². The number of nitrogens with one attached hydrogen (secondary N) is 1. The van der Waals surface area contributed by atoms with Crippen LogP contribution in [0.2, 0.25) is 0 Å². The van der Waals surface area contributed by atoms with Crippen LogP contribution in [0.3, 0.4) is 0 Å². The average molecular weight is 189 g/mol. The van der Waals surface area contributed by atoms with Crippen molar-refractivity contribution in [2.45, 2.75) is 6.92 Å². The van der Waals surface area contributed by atoms with Crippen LogP contribution in [0.15, 0.2) is 12.1 Å². The van der Waals surface area contributed by atoms with Crippen LogP contribution in [0.5, 0.6) is 0 Å². The molecule has 0 unspecified atom stereocenters. The fourth-order valence-corrected chi connectivity index (χ4v) is 1.28. The highest BCUT2D eigenvalue weighted by atomic mass is 16.4. The quantitative estimate of drug-likeness (QED) is 0.696. The van der Waals surface area contributed by atoms with Crippen molar-refractivity contribution in [3.05, 3.63) is 28.8 Å². The predicted molar refractivity (Wildman–Crippen MR) is 55.6 cm³/mol. The van der Waals surface area contributed by atoms with E-state index in [9.17, 15) is 4.79 Å². The van der Waals surface area contributed by atoms with Gasteiger partial charge in [-0.2, -0.15) is 0 Å². The zero-order valence-corrected chi connectivity index (χ0v) is 8.09. The van der Waals surface area contributed by atoms with Crippen molar-refractivity contribution in [1.29, 1.82) is 0 Å². The summed E-state index contributed by atoms with van der Waals surface area (Å²) in [4.78, 5) is 10.9. The van der Waals surface area contributed by atoms with Crippen molar-refractivity contribution >= 4 is 11.7 Å². The van der Waals surface area contributed by atoms with Gasteiger partial charge in [0.1, 0.15) is 0 Å². The highest BCUT2D eigenvalue weighted by molar-refractivity contribution is 5.91. The minimum atomic E-state index is -0.962. The Morgan fingerprint density at radius 3 is 2.64 bits per heavy atom. The number of aromatic carboxylic acids is 1. The van der Waals surface area contributed by atoms with E-state index in [0.717, 1.165) is 5.69 Å². The maximum atomic E-state index is 10.9. The number of anilines is 1. The molecule has 1 aromatic carbocycles. The van der Waals surface area contributed by atoms with E-state index in [1.165, 1.54) is 6.07 Å². The van der Waals surface area contributed by atoms with Gasteiger partial charge in [0.15, 0.2) is 0 Å². The van der Waals surface area contributed by atoms with E-state index in [1.54, 1.807) is 20.0 Å². The Kier molecular flexibility index (Phi) is 2.78. The summed E-state index contributed by atoms with van der Waals surface area (Å²) in [6.07, 6.45) is 5.22. The summed E-state index contributed by atoms with van der Waals surface area (Å²) in [7, 11) is 1.73. The number of terminal acetylenes is 1. The smallest absolute Gasteiger partial charge is 0.336 e. The average Bonchev–Trinajstić information content (AvgIpc) is 2.17. The first-order valence-electron chi connectivity index (χ1n) is 4.12. The summed E-state index contributed by atoms with van der Waals surface area (Å²) in [5.74, 6) is 1.46. The maximum absolute atomic E-state index is 10.9. The first-order chi connectivity index (χ1) is 6.60. The molecule has 0 saturated carbocycles. The molecule has 0 aliphatic rings. The summed E-state index contributed by atoms with van der Waals surface area (Å²) in [6, 6.07) is 3.25. The van der Waals surface area contributed by atoms with Gasteiger partial charge in [-0.3, -0.25) is 0 Å². The number of benzene rings is 1. The second-order valence-electron chi connectivity index (χ2n) is 2.90. The van der Waals surface area contributed by atoms with Crippen molar-refractivity contribution in [2.75, 3.05) is 12.4 Å². The van der Waals surface area contributed by atoms with Gasteiger partial charge in [-0.05, 0) is 24.6 Å². The van der Waals surface area contributed by atoms with Gasteiger partial charge >= 0.3 is 5.97 Å². The molecule has 72 valence electrons. The molecule has 14 heavy (non-hydrogen) atoms. The van der Waals surface area contributed by atoms with Crippen molar-refractivity contribution in [3.8, 4) is 12.3 Å². The van der Waals surface area contributed by atoms with Gasteiger partial charge in [0, 0.05) is 18.3 Å². The fraction of sp³-hybridized carbons (Fsp3) is 0.182. The number of carboxylic acids is 1. The fourth-order valence-electron chi connectivity index (χ4n) is 1.28. The third-order valence-corrected chi connectivity index (χ3v) is 2.07. The minimum absolute atomic E-state index is 0.241. The third kappa shape index (κ3) is 1.69. The zero-order valence-electron chi connectivity index (χ0n) is 8.09. The molecule has 0 radical (unpaired) electrons. The molecule has 3 nitrogen and oxygen atoms in total. The summed E-state index contributed by atoms with van der Waals surface area (Å²) in [6.45, 7) is 1.75. The normalized spacial score (nSPS) is 9.21. The van der Waals surface area contributed by atoms with Crippen LogP contribution in [0, 0.1) is 19.3 Å². The van der Waals surface area contributed by atoms with Crippen LogP contribution in [0.25, 0.3) is 0 Å². The molecule has 0 bridgehead atoms. The Morgan fingerprint density at radius 1 is 1.57 bits per heavy atom. The van der Waals surface area contributed by atoms with E-state index in [2.05, 4.69) is 11.2 Å². The molecule has 0 fully saturated rings. The van der Waals surface area contributed by atoms with E-state index in [1.807, 2.05) is 0 Å². The molecule has 0 aliphatic heterocycles.